The molecule has 3 heterocycles. The molecule has 0 aliphatic heterocycles. The predicted octanol–water partition coefficient (Wildman–Crippen LogP) is -0.000000000000000666. The summed E-state index contributed by atoms with van der Waals surface area (Å²) in [6.45, 7) is 2.00. The zero-order valence-corrected chi connectivity index (χ0v) is 12.1. The molecule has 3 rings (SSSR count). The summed E-state index contributed by atoms with van der Waals surface area (Å²) in [6, 6.07) is 1.74. The molecule has 0 spiro atoms. The summed E-state index contributed by atoms with van der Waals surface area (Å²) in [5, 5.41) is 24.6. The van der Waals surface area contributed by atoms with Gasteiger partial charge in [0, 0.05) is 13.2 Å². The van der Waals surface area contributed by atoms with E-state index in [0.29, 0.717) is 11.4 Å². The molecule has 1 atom stereocenters. The van der Waals surface area contributed by atoms with E-state index in [4.69, 9.17) is 0 Å². The number of amides is 1. The molecule has 2 N–H and O–H groups in total. The fraction of sp³-hybridized carbons (Fsp3) is 0.333. The van der Waals surface area contributed by atoms with Crippen molar-refractivity contribution in [3.63, 3.8) is 0 Å². The fourth-order valence-corrected chi connectivity index (χ4v) is 2.23. The zero-order chi connectivity index (χ0) is 15.5. The number of nitrogens with one attached hydrogen (secondary N) is 2. The van der Waals surface area contributed by atoms with Crippen LogP contribution in [-0.2, 0) is 7.05 Å². The normalized spacial score (nSPS) is 12.3. The summed E-state index contributed by atoms with van der Waals surface area (Å²) in [4.78, 5) is 12.5. The first-order valence-electron chi connectivity index (χ1n) is 6.76. The van der Waals surface area contributed by atoms with Crippen molar-refractivity contribution in [3.05, 3.63) is 36.0 Å². The molecule has 3 aromatic heterocycles. The number of carbonyl (C=O) groups is 1. The first-order valence-corrected chi connectivity index (χ1v) is 6.76. The number of nitrogens with zero attached hydrogens (tertiary/aromatic N) is 7. The van der Waals surface area contributed by atoms with Crippen LogP contribution < -0.4 is 5.32 Å². The second-order valence-corrected chi connectivity index (χ2v) is 4.70. The van der Waals surface area contributed by atoms with Crippen LogP contribution in [0.25, 0.3) is 5.82 Å². The Morgan fingerprint density at radius 1 is 1.50 bits per heavy atom. The van der Waals surface area contributed by atoms with Gasteiger partial charge in [-0.15, -0.1) is 5.10 Å². The van der Waals surface area contributed by atoms with Crippen LogP contribution in [0, 0.1) is 0 Å². The second-order valence-electron chi connectivity index (χ2n) is 4.70. The monoisotopic (exact) mass is 301 g/mol. The number of H-pyrrole nitrogens is 1. The SMILES string of the molecule is CC[C@@H](NC(=O)c1cn[nH]c1-n1cnnn1)c1ccnn1C. The van der Waals surface area contributed by atoms with Crippen LogP contribution in [0.2, 0.25) is 0 Å². The number of aryl methyl sites for hydroxylation is 1. The molecule has 0 bridgehead atoms. The third-order valence-corrected chi connectivity index (χ3v) is 3.37. The lowest BCUT2D eigenvalue weighted by Crippen LogP contribution is -2.30. The Balaban J connectivity index is 1.83. The summed E-state index contributed by atoms with van der Waals surface area (Å²) in [6.07, 6.45) is 5.28. The van der Waals surface area contributed by atoms with Crippen molar-refractivity contribution in [2.75, 3.05) is 0 Å². The average molecular weight is 301 g/mol. The Kier molecular flexibility index (Phi) is 3.64. The lowest BCUT2D eigenvalue weighted by molar-refractivity contribution is 0.0934. The van der Waals surface area contributed by atoms with E-state index in [-0.39, 0.29) is 11.9 Å². The van der Waals surface area contributed by atoms with Gasteiger partial charge in [-0.3, -0.25) is 14.6 Å². The van der Waals surface area contributed by atoms with Gasteiger partial charge >= 0.3 is 0 Å². The molecular weight excluding hydrogens is 286 g/mol. The van der Waals surface area contributed by atoms with Crippen LogP contribution in [0.3, 0.4) is 0 Å². The number of hydrogen-bond acceptors (Lipinski definition) is 6. The summed E-state index contributed by atoms with van der Waals surface area (Å²) in [7, 11) is 1.84. The van der Waals surface area contributed by atoms with E-state index in [1.54, 1.807) is 10.9 Å². The molecule has 10 heteroatoms. The second kappa shape index (κ2) is 5.76. The Morgan fingerprint density at radius 2 is 2.36 bits per heavy atom. The van der Waals surface area contributed by atoms with E-state index in [0.717, 1.165) is 12.1 Å². The zero-order valence-electron chi connectivity index (χ0n) is 12.1. The van der Waals surface area contributed by atoms with E-state index in [1.165, 1.54) is 17.2 Å². The smallest absolute Gasteiger partial charge is 0.257 e. The third-order valence-electron chi connectivity index (χ3n) is 3.37. The van der Waals surface area contributed by atoms with E-state index in [9.17, 15) is 4.79 Å². The summed E-state index contributed by atoms with van der Waals surface area (Å²) >= 11 is 0. The van der Waals surface area contributed by atoms with Crippen molar-refractivity contribution in [2.24, 2.45) is 7.05 Å². The van der Waals surface area contributed by atoms with Crippen LogP contribution in [0.5, 0.6) is 0 Å². The van der Waals surface area contributed by atoms with Gasteiger partial charge in [-0.1, -0.05) is 6.92 Å². The van der Waals surface area contributed by atoms with Crippen LogP contribution in [0.1, 0.15) is 35.4 Å². The minimum atomic E-state index is -0.257. The maximum atomic E-state index is 12.5. The van der Waals surface area contributed by atoms with Crippen LogP contribution >= 0.6 is 0 Å². The maximum absolute atomic E-state index is 12.5. The Bertz CT molecular complexity index is 757. The molecule has 10 nitrogen and oxygen atoms in total. The molecule has 0 unspecified atom stereocenters. The molecule has 0 saturated heterocycles. The van der Waals surface area contributed by atoms with Gasteiger partial charge in [0.2, 0.25) is 0 Å². The summed E-state index contributed by atoms with van der Waals surface area (Å²) < 4.78 is 3.10. The largest absolute Gasteiger partial charge is 0.344 e. The van der Waals surface area contributed by atoms with Gasteiger partial charge in [-0.25, -0.2) is 0 Å². The fourth-order valence-electron chi connectivity index (χ4n) is 2.23. The van der Waals surface area contributed by atoms with Gasteiger partial charge < -0.3 is 5.32 Å². The van der Waals surface area contributed by atoms with Crippen molar-refractivity contribution in [2.45, 2.75) is 19.4 Å². The number of carbonyl (C=O) groups excluding carboxylic acids is 1. The van der Waals surface area contributed by atoms with Gasteiger partial charge in [0.15, 0.2) is 5.82 Å². The number of aromatic amines is 1. The summed E-state index contributed by atoms with van der Waals surface area (Å²) in [5.74, 6) is 0.162. The van der Waals surface area contributed by atoms with E-state index in [2.05, 4.69) is 36.1 Å². The molecule has 0 radical (unpaired) electrons. The molecular formula is C12H15N9O. The minimum absolute atomic E-state index is 0.142. The highest BCUT2D eigenvalue weighted by Gasteiger charge is 2.21. The topological polar surface area (TPSA) is 119 Å². The van der Waals surface area contributed by atoms with Gasteiger partial charge in [0.25, 0.3) is 5.91 Å². The first kappa shape index (κ1) is 13.9. The molecule has 0 aliphatic carbocycles. The average Bonchev–Trinajstić information content (AvgIpc) is 3.24. The van der Waals surface area contributed by atoms with Crippen molar-refractivity contribution in [1.29, 1.82) is 0 Å². The summed E-state index contributed by atoms with van der Waals surface area (Å²) in [5.41, 5.74) is 1.30. The minimum Gasteiger partial charge on any atom is -0.344 e. The molecule has 1 amide bonds. The Labute approximate surface area is 125 Å². The lowest BCUT2D eigenvalue weighted by Gasteiger charge is -2.17. The lowest BCUT2D eigenvalue weighted by atomic mass is 10.1. The van der Waals surface area contributed by atoms with E-state index < -0.39 is 0 Å². The maximum Gasteiger partial charge on any atom is 0.257 e. The van der Waals surface area contributed by atoms with Crippen LogP contribution in [0.15, 0.2) is 24.8 Å². The van der Waals surface area contributed by atoms with Gasteiger partial charge in [-0.2, -0.15) is 14.9 Å². The highest BCUT2D eigenvalue weighted by Crippen LogP contribution is 2.17. The van der Waals surface area contributed by atoms with Gasteiger partial charge in [0.1, 0.15) is 11.9 Å². The number of hydrogen-bond donors (Lipinski definition) is 2. The van der Waals surface area contributed by atoms with Gasteiger partial charge in [-0.05, 0) is 22.9 Å². The van der Waals surface area contributed by atoms with Gasteiger partial charge in [0.05, 0.1) is 17.9 Å². The molecule has 0 fully saturated rings. The standard InChI is InChI=1S/C12H15N9O/c1-3-9(10-4-5-15-20(10)2)16-12(22)8-6-13-17-11(8)21-7-14-18-19-21/h4-7,9H,3H2,1-2H3,(H,13,17)(H,16,22)/t9-/m1/s1. The first-order chi connectivity index (χ1) is 10.7. The molecule has 3 aromatic rings. The van der Waals surface area contributed by atoms with Crippen molar-refractivity contribution < 1.29 is 4.79 Å². The number of rotatable bonds is 5. The molecule has 114 valence electrons. The molecule has 0 aromatic carbocycles. The van der Waals surface area contributed by atoms with E-state index in [1.807, 2.05) is 20.0 Å². The van der Waals surface area contributed by atoms with E-state index >= 15 is 0 Å². The Morgan fingerprint density at radius 3 is 3.00 bits per heavy atom. The highest BCUT2D eigenvalue weighted by atomic mass is 16.1. The number of tetrazole rings is 1. The molecule has 22 heavy (non-hydrogen) atoms. The quantitative estimate of drug-likeness (QED) is 0.684. The highest BCUT2D eigenvalue weighted by molar-refractivity contribution is 5.97. The van der Waals surface area contributed by atoms with Crippen molar-refractivity contribution in [3.8, 4) is 5.82 Å². The molecule has 0 saturated carbocycles. The number of aromatic nitrogens is 8. The van der Waals surface area contributed by atoms with Crippen molar-refractivity contribution >= 4 is 5.91 Å². The predicted molar refractivity (Wildman–Crippen MR) is 75.0 cm³/mol. The van der Waals surface area contributed by atoms with Crippen molar-refractivity contribution in [1.82, 2.24) is 45.5 Å². The molecule has 0 aliphatic rings. The van der Waals surface area contributed by atoms with Crippen LogP contribution in [0.4, 0.5) is 0 Å². The third kappa shape index (κ3) is 2.45. The van der Waals surface area contributed by atoms with Crippen LogP contribution in [-0.4, -0.2) is 46.1 Å². The Hall–Kier alpha value is -3.04.